The molecule has 0 spiro atoms. The van der Waals surface area contributed by atoms with Gasteiger partial charge in [-0.2, -0.15) is 0 Å². The lowest BCUT2D eigenvalue weighted by atomic mass is 10.3. The summed E-state index contributed by atoms with van der Waals surface area (Å²) in [5.74, 6) is 1.04. The van der Waals surface area contributed by atoms with Gasteiger partial charge < -0.3 is 10.6 Å². The molecule has 0 saturated heterocycles. The van der Waals surface area contributed by atoms with Crippen molar-refractivity contribution in [3.63, 3.8) is 0 Å². The normalized spacial score (nSPS) is 10.3. The van der Waals surface area contributed by atoms with Crippen molar-refractivity contribution < 1.29 is 0 Å². The Morgan fingerprint density at radius 1 is 1.40 bits per heavy atom. The van der Waals surface area contributed by atoms with E-state index < -0.39 is 0 Å². The molecule has 0 aromatic carbocycles. The Kier molecular flexibility index (Phi) is 5.65. The van der Waals surface area contributed by atoms with Crippen molar-refractivity contribution in [2.75, 3.05) is 24.5 Å². The van der Waals surface area contributed by atoms with Gasteiger partial charge in [0.05, 0.1) is 0 Å². The van der Waals surface area contributed by atoms with Gasteiger partial charge in [-0.1, -0.05) is 6.92 Å². The second-order valence-electron chi connectivity index (χ2n) is 3.46. The molecular weight excluding hydrogens is 254 g/mol. The maximum Gasteiger partial charge on any atom is 0.128 e. The maximum absolute atomic E-state index is 5.52. The van der Waals surface area contributed by atoms with Crippen molar-refractivity contribution in [1.29, 1.82) is 0 Å². The van der Waals surface area contributed by atoms with E-state index in [4.69, 9.17) is 5.73 Å². The topological polar surface area (TPSA) is 42.1 Å². The first-order valence-corrected chi connectivity index (χ1v) is 6.13. The fourth-order valence-corrected chi connectivity index (χ4v) is 1.68. The number of hydrogen-bond donors (Lipinski definition) is 1. The second kappa shape index (κ2) is 6.80. The molecule has 15 heavy (non-hydrogen) atoms. The van der Waals surface area contributed by atoms with Crippen LogP contribution in [0.4, 0.5) is 5.82 Å². The number of anilines is 1. The van der Waals surface area contributed by atoms with Gasteiger partial charge in [0, 0.05) is 23.8 Å². The van der Waals surface area contributed by atoms with Crippen LogP contribution in [0.25, 0.3) is 0 Å². The third-order valence-corrected chi connectivity index (χ3v) is 2.63. The molecule has 0 bridgehead atoms. The quantitative estimate of drug-likeness (QED) is 0.864. The molecule has 0 amide bonds. The van der Waals surface area contributed by atoms with Crippen LogP contribution in [0.3, 0.4) is 0 Å². The number of nitrogens with zero attached hydrogens (tertiary/aromatic N) is 2. The fraction of sp³-hybridized carbons (Fsp3) is 0.545. The molecule has 1 aromatic rings. The number of rotatable bonds is 6. The average Bonchev–Trinajstić information content (AvgIpc) is 2.25. The molecule has 1 rings (SSSR count). The molecule has 0 fully saturated rings. The van der Waals surface area contributed by atoms with Crippen LogP contribution >= 0.6 is 15.9 Å². The Balaban J connectivity index is 2.65. The molecule has 4 heteroatoms. The molecule has 84 valence electrons. The molecule has 0 aliphatic heterocycles. The Morgan fingerprint density at radius 3 is 2.73 bits per heavy atom. The summed E-state index contributed by atoms with van der Waals surface area (Å²) >= 11 is 3.39. The summed E-state index contributed by atoms with van der Waals surface area (Å²) in [7, 11) is 0. The summed E-state index contributed by atoms with van der Waals surface area (Å²) in [6.07, 6.45) is 3.97. The highest BCUT2D eigenvalue weighted by Gasteiger charge is 2.05. The molecule has 0 aliphatic carbocycles. The Bertz CT molecular complexity index is 274. The van der Waals surface area contributed by atoms with Gasteiger partial charge in [0.15, 0.2) is 0 Å². The van der Waals surface area contributed by atoms with E-state index in [0.29, 0.717) is 0 Å². The minimum atomic E-state index is 0.733. The molecule has 0 saturated carbocycles. The molecule has 0 atom stereocenters. The molecule has 1 aromatic heterocycles. The van der Waals surface area contributed by atoms with Crippen molar-refractivity contribution in [3.05, 3.63) is 22.8 Å². The van der Waals surface area contributed by atoms with Crippen LogP contribution in [0.5, 0.6) is 0 Å². The lowest BCUT2D eigenvalue weighted by molar-refractivity contribution is 0.712. The zero-order valence-corrected chi connectivity index (χ0v) is 10.7. The fourth-order valence-electron chi connectivity index (χ4n) is 1.45. The van der Waals surface area contributed by atoms with Crippen LogP contribution in [-0.4, -0.2) is 24.6 Å². The lowest BCUT2D eigenvalue weighted by Crippen LogP contribution is -2.27. The van der Waals surface area contributed by atoms with Crippen LogP contribution in [-0.2, 0) is 0 Å². The van der Waals surface area contributed by atoms with Crippen molar-refractivity contribution >= 4 is 21.7 Å². The highest BCUT2D eigenvalue weighted by Crippen LogP contribution is 2.15. The molecule has 0 unspecified atom stereocenters. The van der Waals surface area contributed by atoms with E-state index in [-0.39, 0.29) is 0 Å². The number of hydrogen-bond acceptors (Lipinski definition) is 3. The zero-order chi connectivity index (χ0) is 11.1. The van der Waals surface area contributed by atoms with E-state index in [1.165, 1.54) is 0 Å². The third-order valence-electron chi connectivity index (χ3n) is 2.16. The van der Waals surface area contributed by atoms with Gasteiger partial charge in [0.2, 0.25) is 0 Å². The minimum Gasteiger partial charge on any atom is -0.357 e. The monoisotopic (exact) mass is 271 g/mol. The first kappa shape index (κ1) is 12.5. The standard InChI is InChI=1S/C11H18BrN3/c1-2-7-15(8-3-6-13)11-5-4-10(12)9-14-11/h4-5,9H,2-3,6-8,13H2,1H3. The van der Waals surface area contributed by atoms with Gasteiger partial charge >= 0.3 is 0 Å². The van der Waals surface area contributed by atoms with Crippen molar-refractivity contribution in [2.45, 2.75) is 19.8 Å². The van der Waals surface area contributed by atoms with Gasteiger partial charge in [0.25, 0.3) is 0 Å². The Labute approximate surface area is 99.8 Å². The minimum absolute atomic E-state index is 0.733. The summed E-state index contributed by atoms with van der Waals surface area (Å²) in [5.41, 5.74) is 5.52. The summed E-state index contributed by atoms with van der Waals surface area (Å²) in [6, 6.07) is 4.06. The van der Waals surface area contributed by atoms with Crippen molar-refractivity contribution in [1.82, 2.24) is 4.98 Å². The summed E-state index contributed by atoms with van der Waals surface area (Å²) in [6.45, 7) is 4.93. The summed E-state index contributed by atoms with van der Waals surface area (Å²) < 4.78 is 1.02. The molecular formula is C11H18BrN3. The van der Waals surface area contributed by atoms with Crippen molar-refractivity contribution in [2.24, 2.45) is 5.73 Å². The van der Waals surface area contributed by atoms with Gasteiger partial charge in [-0.15, -0.1) is 0 Å². The first-order valence-electron chi connectivity index (χ1n) is 5.34. The predicted molar refractivity (Wildman–Crippen MR) is 68.1 cm³/mol. The number of aromatic nitrogens is 1. The largest absolute Gasteiger partial charge is 0.357 e. The molecule has 1 heterocycles. The van der Waals surface area contributed by atoms with Crippen LogP contribution in [0, 0.1) is 0 Å². The van der Waals surface area contributed by atoms with Gasteiger partial charge in [-0.25, -0.2) is 4.98 Å². The van der Waals surface area contributed by atoms with E-state index in [1.807, 2.05) is 18.3 Å². The third kappa shape index (κ3) is 4.18. The van der Waals surface area contributed by atoms with Crippen molar-refractivity contribution in [3.8, 4) is 0 Å². The molecule has 3 nitrogen and oxygen atoms in total. The average molecular weight is 272 g/mol. The lowest BCUT2D eigenvalue weighted by Gasteiger charge is -2.22. The summed E-state index contributed by atoms with van der Waals surface area (Å²) in [5, 5.41) is 0. The second-order valence-corrected chi connectivity index (χ2v) is 4.38. The Morgan fingerprint density at radius 2 is 2.20 bits per heavy atom. The van der Waals surface area contributed by atoms with E-state index in [9.17, 15) is 0 Å². The van der Waals surface area contributed by atoms with Gasteiger partial charge in [-0.3, -0.25) is 0 Å². The number of halogens is 1. The molecule has 2 N–H and O–H groups in total. The van der Waals surface area contributed by atoms with Crippen LogP contribution in [0.15, 0.2) is 22.8 Å². The van der Waals surface area contributed by atoms with E-state index in [2.05, 4.69) is 32.7 Å². The molecule has 0 aliphatic rings. The smallest absolute Gasteiger partial charge is 0.128 e. The van der Waals surface area contributed by atoms with E-state index >= 15 is 0 Å². The van der Waals surface area contributed by atoms with Gasteiger partial charge in [0.1, 0.15) is 5.82 Å². The van der Waals surface area contributed by atoms with Crippen LogP contribution in [0.1, 0.15) is 19.8 Å². The number of pyridine rings is 1. The van der Waals surface area contributed by atoms with Gasteiger partial charge in [-0.05, 0) is 47.4 Å². The Hall–Kier alpha value is -0.610. The predicted octanol–water partition coefficient (Wildman–Crippen LogP) is 2.41. The highest BCUT2D eigenvalue weighted by atomic mass is 79.9. The zero-order valence-electron chi connectivity index (χ0n) is 9.12. The molecule has 0 radical (unpaired) electrons. The SMILES string of the molecule is CCCN(CCCN)c1ccc(Br)cn1. The first-order chi connectivity index (χ1) is 7.27. The van der Waals surface area contributed by atoms with Crippen LogP contribution in [0.2, 0.25) is 0 Å². The van der Waals surface area contributed by atoms with Crippen LogP contribution < -0.4 is 10.6 Å². The number of nitrogens with two attached hydrogens (primary N) is 1. The maximum atomic E-state index is 5.52. The highest BCUT2D eigenvalue weighted by molar-refractivity contribution is 9.10. The van der Waals surface area contributed by atoms with E-state index in [1.54, 1.807) is 0 Å². The van der Waals surface area contributed by atoms with E-state index in [0.717, 1.165) is 42.8 Å². The summed E-state index contributed by atoms with van der Waals surface area (Å²) in [4.78, 5) is 6.67.